The molecule has 3 aliphatic rings. The van der Waals surface area contributed by atoms with Crippen molar-refractivity contribution >= 4 is 27.8 Å². The molecule has 10 nitrogen and oxygen atoms in total. The molecule has 0 aromatic heterocycles. The number of amides is 1. The molecule has 2 heterocycles. The Hall–Kier alpha value is -3.88. The van der Waals surface area contributed by atoms with Crippen molar-refractivity contribution in [2.75, 3.05) is 51.7 Å². The highest BCUT2D eigenvalue weighted by Crippen LogP contribution is 2.51. The Bertz CT molecular complexity index is 1510. The van der Waals surface area contributed by atoms with Crippen LogP contribution in [0, 0.1) is 34.5 Å². The van der Waals surface area contributed by atoms with E-state index in [4.69, 9.17) is 10.1 Å². The number of anilines is 1. The maximum atomic E-state index is 12.8. The first-order chi connectivity index (χ1) is 21.8. The Balaban J connectivity index is 1.20. The third kappa shape index (κ3) is 6.58. The maximum absolute atomic E-state index is 12.8. The van der Waals surface area contributed by atoms with Crippen molar-refractivity contribution in [3.63, 3.8) is 0 Å². The Kier molecular flexibility index (Phi) is 10.1. The third-order valence-electron chi connectivity index (χ3n) is 9.89. The second kappa shape index (κ2) is 14.0. The van der Waals surface area contributed by atoms with Crippen LogP contribution in [0.2, 0.25) is 0 Å². The average molecular weight is 633 g/mol. The highest BCUT2D eigenvalue weighted by molar-refractivity contribution is 7.96. The van der Waals surface area contributed by atoms with Gasteiger partial charge in [0.15, 0.2) is 0 Å². The van der Waals surface area contributed by atoms with Gasteiger partial charge in [-0.15, -0.1) is 0 Å². The number of piperidine rings is 1. The summed E-state index contributed by atoms with van der Waals surface area (Å²) >= 11 is 0. The van der Waals surface area contributed by atoms with Crippen molar-refractivity contribution in [2.45, 2.75) is 48.5 Å². The molecule has 3 fully saturated rings. The van der Waals surface area contributed by atoms with Crippen LogP contribution in [0.4, 0.5) is 10.5 Å². The van der Waals surface area contributed by atoms with E-state index in [2.05, 4.69) is 38.6 Å². The van der Waals surface area contributed by atoms with Gasteiger partial charge in [0.1, 0.15) is 11.0 Å². The van der Waals surface area contributed by atoms with E-state index in [9.17, 15) is 18.5 Å². The summed E-state index contributed by atoms with van der Waals surface area (Å²) in [4.78, 5) is 17.1. The van der Waals surface area contributed by atoms with Gasteiger partial charge < -0.3 is 30.6 Å². The van der Waals surface area contributed by atoms with Crippen molar-refractivity contribution in [1.82, 2.24) is 15.5 Å². The number of ether oxygens (including phenoxy) is 1. The largest absolute Gasteiger partial charge is 0.446 e. The summed E-state index contributed by atoms with van der Waals surface area (Å²) in [6.45, 7) is 4.65. The van der Waals surface area contributed by atoms with Crippen LogP contribution < -0.4 is 15.5 Å². The van der Waals surface area contributed by atoms with Crippen LogP contribution in [-0.4, -0.2) is 78.5 Å². The van der Waals surface area contributed by atoms with Crippen molar-refractivity contribution in [3.05, 3.63) is 71.3 Å². The van der Waals surface area contributed by atoms with Gasteiger partial charge in [0.25, 0.3) is 0 Å². The number of hydrogen-bond donors (Lipinski definition) is 3. The summed E-state index contributed by atoms with van der Waals surface area (Å²) in [6.07, 6.45) is 5.86. The Morgan fingerprint density at radius 1 is 1.07 bits per heavy atom. The summed E-state index contributed by atoms with van der Waals surface area (Å²) in [5, 5.41) is 23.6. The number of benzene rings is 2. The van der Waals surface area contributed by atoms with Gasteiger partial charge >= 0.3 is 6.09 Å². The third-order valence-corrected chi connectivity index (χ3v) is 11.6. The number of alkyl carbamates (subject to hydrolysis) is 1. The highest BCUT2D eigenvalue weighted by atomic mass is 32.2. The fraction of sp³-hybridized carbons (Fsp3) is 0.500. The fourth-order valence-corrected chi connectivity index (χ4v) is 8.83. The number of carbonyl (C=O) groups excluding carboxylic acids is 1. The van der Waals surface area contributed by atoms with E-state index in [0.717, 1.165) is 82.3 Å². The van der Waals surface area contributed by atoms with Crippen molar-refractivity contribution in [3.8, 4) is 6.07 Å². The van der Waals surface area contributed by atoms with Crippen LogP contribution in [-0.2, 0) is 20.0 Å². The van der Waals surface area contributed by atoms with Gasteiger partial charge in [-0.2, -0.15) is 5.26 Å². The number of likely N-dealkylation sites (tertiary alicyclic amines) is 1. The lowest BCUT2D eigenvalue weighted by Crippen LogP contribution is -2.54. The lowest BCUT2D eigenvalue weighted by molar-refractivity contribution is 0.0307. The number of hydrogen-bond acceptors (Lipinski definition) is 9. The second-order valence-electron chi connectivity index (χ2n) is 12.4. The number of nitrogens with one attached hydrogen (secondary N) is 3. The first-order valence-electron chi connectivity index (χ1n) is 15.8. The van der Waals surface area contributed by atoms with E-state index < -0.39 is 21.3 Å². The average Bonchev–Trinajstić information content (AvgIpc) is 3.51. The van der Waals surface area contributed by atoms with Gasteiger partial charge in [-0.1, -0.05) is 30.3 Å². The van der Waals surface area contributed by atoms with Gasteiger partial charge in [-0.25, -0.2) is 13.2 Å². The standard InChI is InChI=1S/C34H44N6O4S/c1-37-20-30(19-35)45(42,43)29-13-11-28(12-14-29)40-22-25(23-40)21-39-17-15-27(16-18-39)34(24-36,26-7-4-3-5-8-26)31-9-6-10-32(31)44-33(41)38-2/h3-5,7-8,11-14,19-20,25,27,31-32,35,37H,6,9-10,15-18,21-23H2,1-2H3,(H,38,41)/b30-20+,35-19?/t31-,32-,34?/m0/s1. The predicted octanol–water partition coefficient (Wildman–Crippen LogP) is 4.31. The number of sulfone groups is 1. The second-order valence-corrected chi connectivity index (χ2v) is 14.4. The van der Waals surface area contributed by atoms with E-state index in [1.807, 2.05) is 30.3 Å². The number of nitrogens with zero attached hydrogens (tertiary/aromatic N) is 3. The summed E-state index contributed by atoms with van der Waals surface area (Å²) in [5.41, 5.74) is 1.31. The molecule has 2 aromatic rings. The summed E-state index contributed by atoms with van der Waals surface area (Å²) in [7, 11) is -0.565. The zero-order valence-electron chi connectivity index (χ0n) is 26.1. The maximum Gasteiger partial charge on any atom is 0.407 e. The van der Waals surface area contributed by atoms with Crippen molar-refractivity contribution < 1.29 is 17.9 Å². The number of nitriles is 1. The van der Waals surface area contributed by atoms with Crippen LogP contribution in [0.25, 0.3) is 0 Å². The van der Waals surface area contributed by atoms with Crippen molar-refractivity contribution in [2.24, 2.45) is 17.8 Å². The molecule has 2 aromatic carbocycles. The molecule has 45 heavy (non-hydrogen) atoms. The molecule has 2 aliphatic heterocycles. The first-order valence-corrected chi connectivity index (χ1v) is 17.3. The van der Waals surface area contributed by atoms with E-state index >= 15 is 0 Å². The van der Waals surface area contributed by atoms with Gasteiger partial charge in [0.2, 0.25) is 9.84 Å². The van der Waals surface area contributed by atoms with Gasteiger partial charge in [0, 0.05) is 63.7 Å². The van der Waals surface area contributed by atoms with Crippen LogP contribution >= 0.6 is 0 Å². The molecule has 1 unspecified atom stereocenters. The molecule has 0 bridgehead atoms. The number of allylic oxidation sites excluding steroid dienone is 1. The summed E-state index contributed by atoms with van der Waals surface area (Å²) in [6, 6.07) is 19.8. The van der Waals surface area contributed by atoms with E-state index in [-0.39, 0.29) is 27.7 Å². The van der Waals surface area contributed by atoms with E-state index in [1.54, 1.807) is 26.2 Å². The van der Waals surface area contributed by atoms with Crippen LogP contribution in [0.15, 0.2) is 70.6 Å². The molecule has 240 valence electrons. The van der Waals surface area contributed by atoms with E-state index in [0.29, 0.717) is 5.92 Å². The quantitative estimate of drug-likeness (QED) is 0.312. The SMILES string of the molecule is CN/C=C(\C=N)S(=O)(=O)c1ccc(N2CC(CN3CCC(C(C#N)(c4ccccc4)[C@H]4CCC[C@@H]4OC(=O)NC)CC3)C2)cc1. The minimum absolute atomic E-state index is 0.0451. The highest BCUT2D eigenvalue weighted by Gasteiger charge is 2.53. The zero-order valence-corrected chi connectivity index (χ0v) is 26.9. The molecule has 5 rings (SSSR count). The van der Waals surface area contributed by atoms with Crippen LogP contribution in [0.1, 0.15) is 37.7 Å². The molecule has 1 saturated carbocycles. The molecule has 3 N–H and O–H groups in total. The minimum Gasteiger partial charge on any atom is -0.446 e. The van der Waals surface area contributed by atoms with Gasteiger partial charge in [-0.3, -0.25) is 0 Å². The summed E-state index contributed by atoms with van der Waals surface area (Å²) in [5.74, 6) is 0.642. The molecule has 2 saturated heterocycles. The van der Waals surface area contributed by atoms with Crippen LogP contribution in [0.3, 0.4) is 0 Å². The molecule has 0 spiro atoms. The molecular formula is C34H44N6O4S. The molecule has 3 atom stereocenters. The monoisotopic (exact) mass is 632 g/mol. The molecule has 0 radical (unpaired) electrons. The predicted molar refractivity (Wildman–Crippen MR) is 175 cm³/mol. The molecule has 1 aliphatic carbocycles. The lowest BCUT2D eigenvalue weighted by Gasteiger charge is -2.47. The zero-order chi connectivity index (χ0) is 32.0. The lowest BCUT2D eigenvalue weighted by atomic mass is 9.59. The smallest absolute Gasteiger partial charge is 0.407 e. The fourth-order valence-electron chi connectivity index (χ4n) is 7.63. The minimum atomic E-state index is -3.74. The molecular weight excluding hydrogens is 588 g/mol. The van der Waals surface area contributed by atoms with Crippen LogP contribution in [0.5, 0.6) is 0 Å². The normalized spacial score (nSPS) is 23.0. The number of carbonyl (C=O) groups is 1. The van der Waals surface area contributed by atoms with Gasteiger partial charge in [-0.05, 0) is 80.9 Å². The Labute approximate surface area is 266 Å². The first kappa shape index (κ1) is 32.5. The molecule has 1 amide bonds. The van der Waals surface area contributed by atoms with E-state index in [1.165, 1.54) is 6.20 Å². The topological polar surface area (TPSA) is 139 Å². The summed E-state index contributed by atoms with van der Waals surface area (Å²) < 4.78 is 31.4. The Morgan fingerprint density at radius 2 is 1.76 bits per heavy atom. The number of rotatable bonds is 11. The Morgan fingerprint density at radius 3 is 2.36 bits per heavy atom. The molecule has 11 heteroatoms. The van der Waals surface area contributed by atoms with Crippen molar-refractivity contribution in [1.29, 1.82) is 10.7 Å². The van der Waals surface area contributed by atoms with Gasteiger partial charge in [0.05, 0.1) is 16.4 Å².